The summed E-state index contributed by atoms with van der Waals surface area (Å²) < 4.78 is 21.1. The largest absolute Gasteiger partial charge is 0.497 e. The van der Waals surface area contributed by atoms with Gasteiger partial charge in [-0.3, -0.25) is 9.59 Å². The Morgan fingerprint density at radius 1 is 0.893 bits per heavy atom. The van der Waals surface area contributed by atoms with Crippen LogP contribution in [0.1, 0.15) is 15.9 Å². The third-order valence-corrected chi connectivity index (χ3v) is 4.01. The number of hydrogen-bond donors (Lipinski definition) is 2. The van der Waals surface area contributed by atoms with Gasteiger partial charge in [0.1, 0.15) is 5.75 Å². The van der Waals surface area contributed by atoms with Crippen molar-refractivity contribution in [2.45, 2.75) is 0 Å². The summed E-state index contributed by atoms with van der Waals surface area (Å²) in [5.74, 6) is 1.02. The van der Waals surface area contributed by atoms with E-state index in [4.69, 9.17) is 18.9 Å². The molecule has 0 aromatic heterocycles. The third-order valence-electron chi connectivity index (χ3n) is 4.01. The lowest BCUT2D eigenvalue weighted by molar-refractivity contribution is -0.115. The predicted molar refractivity (Wildman–Crippen MR) is 105 cm³/mol. The Morgan fingerprint density at radius 3 is 2.04 bits per heavy atom. The second-order valence-electron chi connectivity index (χ2n) is 5.73. The Bertz CT molecular complexity index is 841. The Balaban J connectivity index is 2.52. The highest BCUT2D eigenvalue weighted by Crippen LogP contribution is 2.39. The van der Waals surface area contributed by atoms with Crippen LogP contribution in [0.25, 0.3) is 0 Å². The molecular formula is C20H24N2O6. The molecule has 0 radical (unpaired) electrons. The van der Waals surface area contributed by atoms with Crippen molar-refractivity contribution in [1.82, 2.24) is 5.32 Å². The van der Waals surface area contributed by atoms with E-state index in [-0.39, 0.29) is 18.2 Å². The van der Waals surface area contributed by atoms with Crippen LogP contribution >= 0.6 is 0 Å². The smallest absolute Gasteiger partial charge is 0.238 e. The number of carbonyl (C=O) groups excluding carboxylic acids is 2. The molecule has 0 bridgehead atoms. The number of anilines is 1. The number of ether oxygens (including phenoxy) is 4. The average Bonchev–Trinajstić information content (AvgIpc) is 2.72. The predicted octanol–water partition coefficient (Wildman–Crippen LogP) is 2.11. The fourth-order valence-electron chi connectivity index (χ4n) is 2.67. The Kier molecular flexibility index (Phi) is 7.22. The van der Waals surface area contributed by atoms with Crippen LogP contribution in [0.2, 0.25) is 0 Å². The first kappa shape index (κ1) is 21.0. The quantitative estimate of drug-likeness (QED) is 0.635. The number of likely N-dealkylation sites (N-methyl/N-ethyl adjacent to an activating group) is 1. The van der Waals surface area contributed by atoms with Gasteiger partial charge in [0, 0.05) is 17.2 Å². The number of amides is 1. The molecule has 0 unspecified atom stereocenters. The molecule has 0 heterocycles. The molecule has 150 valence electrons. The van der Waals surface area contributed by atoms with Gasteiger partial charge in [-0.1, -0.05) is 0 Å². The van der Waals surface area contributed by atoms with Crippen LogP contribution in [-0.2, 0) is 4.79 Å². The summed E-state index contributed by atoms with van der Waals surface area (Å²) in [7, 11) is 7.60. The summed E-state index contributed by atoms with van der Waals surface area (Å²) in [4.78, 5) is 25.2. The maximum atomic E-state index is 13.2. The van der Waals surface area contributed by atoms with Gasteiger partial charge in [-0.15, -0.1) is 0 Å². The minimum atomic E-state index is -0.318. The van der Waals surface area contributed by atoms with E-state index in [2.05, 4.69) is 10.6 Å². The summed E-state index contributed by atoms with van der Waals surface area (Å²) in [6, 6.07) is 7.97. The molecule has 2 aromatic rings. The van der Waals surface area contributed by atoms with Crippen LogP contribution in [0.4, 0.5) is 5.69 Å². The number of nitrogens with one attached hydrogen (secondary N) is 2. The van der Waals surface area contributed by atoms with Gasteiger partial charge >= 0.3 is 0 Å². The summed E-state index contributed by atoms with van der Waals surface area (Å²) in [6.07, 6.45) is 0. The minimum Gasteiger partial charge on any atom is -0.497 e. The summed E-state index contributed by atoms with van der Waals surface area (Å²) in [6.45, 7) is 0.106. The first-order valence-corrected chi connectivity index (χ1v) is 8.46. The zero-order valence-corrected chi connectivity index (χ0v) is 16.5. The second kappa shape index (κ2) is 9.61. The fraction of sp³-hybridized carbons (Fsp3) is 0.300. The molecule has 0 aliphatic carbocycles. The van der Waals surface area contributed by atoms with Crippen molar-refractivity contribution in [1.29, 1.82) is 0 Å². The van der Waals surface area contributed by atoms with Crippen molar-refractivity contribution in [3.63, 3.8) is 0 Å². The van der Waals surface area contributed by atoms with Gasteiger partial charge in [-0.05, 0) is 31.3 Å². The number of rotatable bonds is 9. The highest BCUT2D eigenvalue weighted by molar-refractivity contribution is 6.14. The van der Waals surface area contributed by atoms with E-state index in [1.54, 1.807) is 37.4 Å². The Hall–Kier alpha value is -3.26. The standard InChI is InChI=1S/C20H24N2O6/c1-21-11-18(23)22-15-10-13(25-2)6-7-14(15)19(24)12-8-16(26-3)20(28-5)17(9-12)27-4/h6-10,21H,11H2,1-5H3,(H,22,23). The summed E-state index contributed by atoms with van der Waals surface area (Å²) in [5, 5.41) is 5.49. The van der Waals surface area contributed by atoms with Crippen LogP contribution in [0.3, 0.4) is 0 Å². The lowest BCUT2D eigenvalue weighted by atomic mass is 10.00. The first-order chi connectivity index (χ1) is 13.5. The zero-order chi connectivity index (χ0) is 20.7. The molecular weight excluding hydrogens is 364 g/mol. The van der Waals surface area contributed by atoms with Crippen molar-refractivity contribution in [3.05, 3.63) is 41.5 Å². The number of ketones is 1. The zero-order valence-electron chi connectivity index (χ0n) is 16.5. The maximum Gasteiger partial charge on any atom is 0.238 e. The lowest BCUT2D eigenvalue weighted by Crippen LogP contribution is -2.26. The van der Waals surface area contributed by atoms with E-state index >= 15 is 0 Å². The van der Waals surface area contributed by atoms with Crippen molar-refractivity contribution in [2.75, 3.05) is 47.3 Å². The molecule has 0 spiro atoms. The molecule has 0 atom stereocenters. The molecule has 0 fully saturated rings. The third kappa shape index (κ3) is 4.52. The molecule has 2 N–H and O–H groups in total. The van der Waals surface area contributed by atoms with Crippen LogP contribution in [0, 0.1) is 0 Å². The number of carbonyl (C=O) groups is 2. The summed E-state index contributed by atoms with van der Waals surface area (Å²) >= 11 is 0. The van der Waals surface area contributed by atoms with Crippen LogP contribution < -0.4 is 29.6 Å². The van der Waals surface area contributed by atoms with Crippen molar-refractivity contribution >= 4 is 17.4 Å². The maximum absolute atomic E-state index is 13.2. The highest BCUT2D eigenvalue weighted by atomic mass is 16.5. The summed E-state index contributed by atoms with van der Waals surface area (Å²) in [5.41, 5.74) is 0.974. The van der Waals surface area contributed by atoms with E-state index in [0.29, 0.717) is 39.8 Å². The van der Waals surface area contributed by atoms with Crippen LogP contribution in [-0.4, -0.2) is 53.7 Å². The monoisotopic (exact) mass is 388 g/mol. The first-order valence-electron chi connectivity index (χ1n) is 8.46. The van der Waals surface area contributed by atoms with Crippen LogP contribution in [0.15, 0.2) is 30.3 Å². The van der Waals surface area contributed by atoms with E-state index in [1.165, 1.54) is 28.4 Å². The van der Waals surface area contributed by atoms with Gasteiger partial charge in [0.15, 0.2) is 17.3 Å². The van der Waals surface area contributed by atoms with E-state index in [1.807, 2.05) is 0 Å². The number of hydrogen-bond acceptors (Lipinski definition) is 7. The molecule has 0 aliphatic rings. The molecule has 8 heteroatoms. The SMILES string of the molecule is CNCC(=O)Nc1cc(OC)ccc1C(=O)c1cc(OC)c(OC)c(OC)c1. The number of methoxy groups -OCH3 is 4. The van der Waals surface area contributed by atoms with E-state index < -0.39 is 0 Å². The van der Waals surface area contributed by atoms with Gasteiger partial charge in [-0.2, -0.15) is 0 Å². The van der Waals surface area contributed by atoms with Gasteiger partial charge in [0.2, 0.25) is 11.7 Å². The fourth-order valence-corrected chi connectivity index (χ4v) is 2.67. The Morgan fingerprint density at radius 2 is 1.54 bits per heavy atom. The van der Waals surface area contributed by atoms with Gasteiger partial charge in [-0.25, -0.2) is 0 Å². The molecule has 1 amide bonds. The van der Waals surface area contributed by atoms with Gasteiger partial charge in [0.25, 0.3) is 0 Å². The normalized spacial score (nSPS) is 10.2. The van der Waals surface area contributed by atoms with Crippen LogP contribution in [0.5, 0.6) is 23.0 Å². The molecule has 2 rings (SSSR count). The lowest BCUT2D eigenvalue weighted by Gasteiger charge is -2.15. The highest BCUT2D eigenvalue weighted by Gasteiger charge is 2.21. The molecule has 0 saturated heterocycles. The molecule has 28 heavy (non-hydrogen) atoms. The molecule has 0 saturated carbocycles. The topological polar surface area (TPSA) is 95.1 Å². The second-order valence-corrected chi connectivity index (χ2v) is 5.73. The average molecular weight is 388 g/mol. The molecule has 8 nitrogen and oxygen atoms in total. The van der Waals surface area contributed by atoms with Crippen molar-refractivity contribution in [3.8, 4) is 23.0 Å². The Labute approximate surface area is 163 Å². The van der Waals surface area contributed by atoms with E-state index in [0.717, 1.165) is 0 Å². The van der Waals surface area contributed by atoms with Crippen molar-refractivity contribution in [2.24, 2.45) is 0 Å². The molecule has 0 aliphatic heterocycles. The van der Waals surface area contributed by atoms with Gasteiger partial charge in [0.05, 0.1) is 40.7 Å². The van der Waals surface area contributed by atoms with Crippen molar-refractivity contribution < 1.29 is 28.5 Å². The van der Waals surface area contributed by atoms with Gasteiger partial charge < -0.3 is 29.6 Å². The molecule has 2 aromatic carbocycles. The van der Waals surface area contributed by atoms with E-state index in [9.17, 15) is 9.59 Å². The minimum absolute atomic E-state index is 0.106. The number of benzene rings is 2.